The standard InChI is InChI=1S/C33H28N2O8/c1-39-28-19-25(20-29(40-2)31(28)41-3)33(38)43-26-15-9-7-11-22(26)17-18-30(36)42-27-16-10-8-14-24(27)21-34-35-32(37)23-12-5-4-6-13-23/h4-21H,1-3H3,(H,35,37)/b18-17+,34-21+. The van der Waals surface area contributed by atoms with Crippen LogP contribution in [-0.2, 0) is 4.79 Å². The summed E-state index contributed by atoms with van der Waals surface area (Å²) in [5.74, 6) is -0.339. The second-order valence-corrected chi connectivity index (χ2v) is 8.70. The van der Waals surface area contributed by atoms with E-state index in [0.29, 0.717) is 33.9 Å². The van der Waals surface area contributed by atoms with E-state index in [-0.39, 0.29) is 23.0 Å². The zero-order chi connectivity index (χ0) is 30.6. The number of carbonyl (C=O) groups excluding carboxylic acids is 3. The van der Waals surface area contributed by atoms with Gasteiger partial charge in [0.15, 0.2) is 11.5 Å². The van der Waals surface area contributed by atoms with Crippen molar-refractivity contribution in [1.82, 2.24) is 5.43 Å². The number of esters is 2. The lowest BCUT2D eigenvalue weighted by atomic mass is 10.1. The van der Waals surface area contributed by atoms with E-state index < -0.39 is 11.9 Å². The van der Waals surface area contributed by atoms with Crippen LogP contribution in [0.1, 0.15) is 31.8 Å². The summed E-state index contributed by atoms with van der Waals surface area (Å²) < 4.78 is 27.0. The minimum absolute atomic E-state index is 0.172. The Hall–Kier alpha value is -5.90. The lowest BCUT2D eigenvalue weighted by Gasteiger charge is -2.14. The molecular weight excluding hydrogens is 552 g/mol. The number of nitrogens with zero attached hydrogens (tertiary/aromatic N) is 1. The number of carbonyl (C=O) groups is 3. The van der Waals surface area contributed by atoms with Gasteiger partial charge in [-0.2, -0.15) is 5.10 Å². The molecule has 0 aliphatic rings. The van der Waals surface area contributed by atoms with Gasteiger partial charge in [0, 0.05) is 22.8 Å². The van der Waals surface area contributed by atoms with E-state index >= 15 is 0 Å². The molecule has 10 nitrogen and oxygen atoms in total. The van der Waals surface area contributed by atoms with Crippen molar-refractivity contribution in [2.24, 2.45) is 5.10 Å². The average Bonchev–Trinajstić information content (AvgIpc) is 3.04. The third kappa shape index (κ3) is 7.86. The normalized spacial score (nSPS) is 10.8. The van der Waals surface area contributed by atoms with Crippen LogP contribution in [0.3, 0.4) is 0 Å². The number of ether oxygens (including phenoxy) is 5. The summed E-state index contributed by atoms with van der Waals surface area (Å²) in [5, 5.41) is 3.97. The van der Waals surface area contributed by atoms with Gasteiger partial charge < -0.3 is 23.7 Å². The maximum atomic E-state index is 13.0. The Labute approximate surface area is 248 Å². The van der Waals surface area contributed by atoms with Crippen molar-refractivity contribution in [2.75, 3.05) is 21.3 Å². The number of hydrazone groups is 1. The van der Waals surface area contributed by atoms with Gasteiger partial charge in [-0.1, -0.05) is 48.5 Å². The van der Waals surface area contributed by atoms with Crippen LogP contribution in [-0.4, -0.2) is 45.4 Å². The molecule has 0 aromatic heterocycles. The zero-order valence-corrected chi connectivity index (χ0v) is 23.6. The van der Waals surface area contributed by atoms with Crippen LogP contribution in [0.4, 0.5) is 0 Å². The summed E-state index contributed by atoms with van der Waals surface area (Å²) >= 11 is 0. The van der Waals surface area contributed by atoms with Gasteiger partial charge in [0.1, 0.15) is 11.5 Å². The van der Waals surface area contributed by atoms with Crippen LogP contribution in [0, 0.1) is 0 Å². The molecule has 0 aliphatic carbocycles. The molecule has 218 valence electrons. The molecule has 1 amide bonds. The van der Waals surface area contributed by atoms with Gasteiger partial charge in [-0.25, -0.2) is 15.0 Å². The molecular formula is C33H28N2O8. The van der Waals surface area contributed by atoms with Crippen molar-refractivity contribution >= 4 is 30.1 Å². The van der Waals surface area contributed by atoms with Gasteiger partial charge in [0.05, 0.1) is 33.1 Å². The number of amides is 1. The Kier molecular flexibility index (Phi) is 10.2. The van der Waals surface area contributed by atoms with E-state index in [1.165, 1.54) is 51.8 Å². The van der Waals surface area contributed by atoms with E-state index in [1.54, 1.807) is 72.8 Å². The monoisotopic (exact) mass is 580 g/mol. The quantitative estimate of drug-likeness (QED) is 0.0833. The molecule has 43 heavy (non-hydrogen) atoms. The molecule has 1 N–H and O–H groups in total. The molecule has 0 fully saturated rings. The fourth-order valence-corrected chi connectivity index (χ4v) is 3.86. The predicted molar refractivity (Wildman–Crippen MR) is 160 cm³/mol. The molecule has 4 aromatic rings. The van der Waals surface area contributed by atoms with Crippen LogP contribution in [0.15, 0.2) is 102 Å². The summed E-state index contributed by atoms with van der Waals surface area (Å²) in [6.07, 6.45) is 4.05. The number of benzene rings is 4. The van der Waals surface area contributed by atoms with Gasteiger partial charge in [-0.3, -0.25) is 4.79 Å². The van der Waals surface area contributed by atoms with Crippen molar-refractivity contribution in [1.29, 1.82) is 0 Å². The molecule has 0 saturated heterocycles. The first-order chi connectivity index (χ1) is 20.9. The molecule has 0 heterocycles. The SMILES string of the molecule is COc1cc(C(=O)Oc2ccccc2/C=C/C(=O)Oc2ccccc2/C=N/NC(=O)c2ccccc2)cc(OC)c1OC. The van der Waals surface area contributed by atoms with Gasteiger partial charge in [-0.15, -0.1) is 0 Å². The molecule has 0 spiro atoms. The highest BCUT2D eigenvalue weighted by molar-refractivity contribution is 5.96. The van der Waals surface area contributed by atoms with Crippen LogP contribution < -0.4 is 29.1 Å². The van der Waals surface area contributed by atoms with Crippen LogP contribution in [0.25, 0.3) is 6.08 Å². The largest absolute Gasteiger partial charge is 0.493 e. The number of hydrogen-bond acceptors (Lipinski definition) is 9. The minimum Gasteiger partial charge on any atom is -0.493 e. The lowest BCUT2D eigenvalue weighted by Crippen LogP contribution is -2.17. The lowest BCUT2D eigenvalue weighted by molar-refractivity contribution is -0.128. The van der Waals surface area contributed by atoms with Crippen molar-refractivity contribution in [3.63, 3.8) is 0 Å². The van der Waals surface area contributed by atoms with E-state index in [1.807, 2.05) is 6.07 Å². The summed E-state index contributed by atoms with van der Waals surface area (Å²) in [5.41, 5.74) is 4.00. The third-order valence-electron chi connectivity index (χ3n) is 5.96. The van der Waals surface area contributed by atoms with Crippen molar-refractivity contribution < 1.29 is 38.1 Å². The highest BCUT2D eigenvalue weighted by Crippen LogP contribution is 2.38. The molecule has 0 aliphatic heterocycles. The van der Waals surface area contributed by atoms with Gasteiger partial charge in [-0.05, 0) is 48.5 Å². The maximum Gasteiger partial charge on any atom is 0.343 e. The summed E-state index contributed by atoms with van der Waals surface area (Å²) in [4.78, 5) is 37.9. The number of nitrogens with one attached hydrogen (secondary N) is 1. The Balaban J connectivity index is 1.44. The molecule has 0 saturated carbocycles. The predicted octanol–water partition coefficient (Wildman–Crippen LogP) is 5.31. The Morgan fingerprint density at radius 1 is 0.651 bits per heavy atom. The number of methoxy groups -OCH3 is 3. The molecule has 0 atom stereocenters. The molecule has 4 aromatic carbocycles. The smallest absolute Gasteiger partial charge is 0.343 e. The second-order valence-electron chi connectivity index (χ2n) is 8.70. The second kappa shape index (κ2) is 14.6. The van der Waals surface area contributed by atoms with E-state index in [4.69, 9.17) is 23.7 Å². The Morgan fingerprint density at radius 2 is 1.23 bits per heavy atom. The molecule has 4 rings (SSSR count). The van der Waals surface area contributed by atoms with Crippen LogP contribution in [0.5, 0.6) is 28.7 Å². The first-order valence-corrected chi connectivity index (χ1v) is 12.9. The maximum absolute atomic E-state index is 13.0. The molecule has 0 radical (unpaired) electrons. The van der Waals surface area contributed by atoms with E-state index in [2.05, 4.69) is 10.5 Å². The molecule has 10 heteroatoms. The Morgan fingerprint density at radius 3 is 1.86 bits per heavy atom. The van der Waals surface area contributed by atoms with Gasteiger partial charge >= 0.3 is 11.9 Å². The minimum atomic E-state index is -0.681. The van der Waals surface area contributed by atoms with Crippen molar-refractivity contribution in [3.05, 3.63) is 119 Å². The van der Waals surface area contributed by atoms with E-state index in [0.717, 1.165) is 0 Å². The van der Waals surface area contributed by atoms with Gasteiger partial charge in [0.2, 0.25) is 5.75 Å². The summed E-state index contributed by atoms with van der Waals surface area (Å²) in [6.45, 7) is 0. The van der Waals surface area contributed by atoms with Crippen LogP contribution >= 0.6 is 0 Å². The summed E-state index contributed by atoms with van der Waals surface area (Å²) in [7, 11) is 4.35. The highest BCUT2D eigenvalue weighted by Gasteiger charge is 2.19. The van der Waals surface area contributed by atoms with Crippen molar-refractivity contribution in [3.8, 4) is 28.7 Å². The first-order valence-electron chi connectivity index (χ1n) is 12.9. The molecule has 0 bridgehead atoms. The Bertz CT molecular complexity index is 1640. The summed E-state index contributed by atoms with van der Waals surface area (Å²) in [6, 6.07) is 25.0. The topological polar surface area (TPSA) is 122 Å². The van der Waals surface area contributed by atoms with Crippen LogP contribution in [0.2, 0.25) is 0 Å². The molecule has 0 unspecified atom stereocenters. The van der Waals surface area contributed by atoms with E-state index in [9.17, 15) is 14.4 Å². The number of hydrogen-bond donors (Lipinski definition) is 1. The third-order valence-corrected chi connectivity index (χ3v) is 5.96. The number of rotatable bonds is 11. The highest BCUT2D eigenvalue weighted by atomic mass is 16.5. The van der Waals surface area contributed by atoms with Crippen molar-refractivity contribution in [2.45, 2.75) is 0 Å². The zero-order valence-electron chi connectivity index (χ0n) is 23.6. The average molecular weight is 581 g/mol. The van der Waals surface area contributed by atoms with Gasteiger partial charge in [0.25, 0.3) is 5.91 Å². The first kappa shape index (κ1) is 30.1. The fraction of sp³-hybridized carbons (Fsp3) is 0.0909. The fourth-order valence-electron chi connectivity index (χ4n) is 3.86. The number of para-hydroxylation sites is 2.